The third-order valence-corrected chi connectivity index (χ3v) is 3.05. The highest BCUT2D eigenvalue weighted by Crippen LogP contribution is 2.14. The van der Waals surface area contributed by atoms with Crippen molar-refractivity contribution in [1.29, 1.82) is 0 Å². The van der Waals surface area contributed by atoms with Crippen molar-refractivity contribution in [3.63, 3.8) is 0 Å². The molecule has 1 amide bonds. The van der Waals surface area contributed by atoms with Crippen LogP contribution in [-0.4, -0.2) is 28.8 Å². The molecule has 0 unspecified atom stereocenters. The summed E-state index contributed by atoms with van der Waals surface area (Å²) >= 11 is 0. The largest absolute Gasteiger partial charge is 0.465 e. The highest BCUT2D eigenvalue weighted by Gasteiger charge is 2.11. The molecule has 1 N–H and O–H groups in total. The second-order valence-electron chi connectivity index (χ2n) is 4.29. The minimum absolute atomic E-state index is 0.252. The first-order valence-corrected chi connectivity index (χ1v) is 6.01. The third kappa shape index (κ3) is 2.69. The fraction of sp³-hybridized carbons (Fsp3) is 0.214. The second kappa shape index (κ2) is 5.56. The lowest BCUT2D eigenvalue weighted by Crippen LogP contribution is -2.13. The van der Waals surface area contributed by atoms with E-state index in [2.05, 4.69) is 15.2 Å². The van der Waals surface area contributed by atoms with Crippen molar-refractivity contribution in [2.45, 2.75) is 6.92 Å². The Morgan fingerprint density at radius 1 is 1.20 bits per heavy atom. The van der Waals surface area contributed by atoms with Gasteiger partial charge in [0.15, 0.2) is 0 Å². The lowest BCUT2D eigenvalue weighted by atomic mass is 10.1. The Morgan fingerprint density at radius 2 is 1.80 bits per heavy atom. The van der Waals surface area contributed by atoms with Crippen LogP contribution in [0.5, 0.6) is 0 Å². The minimum Gasteiger partial charge on any atom is -0.465 e. The van der Waals surface area contributed by atoms with E-state index >= 15 is 0 Å². The third-order valence-electron chi connectivity index (χ3n) is 3.05. The van der Waals surface area contributed by atoms with E-state index in [1.54, 1.807) is 42.2 Å². The summed E-state index contributed by atoms with van der Waals surface area (Å²) < 4.78 is 6.28. The molecule has 0 spiro atoms. The topological polar surface area (TPSA) is 73.2 Å². The molecule has 0 aliphatic heterocycles. The van der Waals surface area contributed by atoms with Gasteiger partial charge in [0, 0.05) is 12.6 Å². The SMILES string of the molecule is COC(=O)c1ccc(C(=O)Nc2cnn(C)c2C)cc1. The number of amides is 1. The first-order valence-electron chi connectivity index (χ1n) is 6.01. The van der Waals surface area contributed by atoms with Crippen molar-refractivity contribution in [2.75, 3.05) is 12.4 Å². The van der Waals surface area contributed by atoms with Gasteiger partial charge < -0.3 is 10.1 Å². The molecular formula is C14H15N3O3. The molecule has 1 heterocycles. The van der Waals surface area contributed by atoms with Crippen LogP contribution in [0.1, 0.15) is 26.4 Å². The first kappa shape index (κ1) is 13.8. The van der Waals surface area contributed by atoms with Gasteiger partial charge in [-0.3, -0.25) is 9.48 Å². The summed E-state index contributed by atoms with van der Waals surface area (Å²) in [6.45, 7) is 1.86. The first-order chi connectivity index (χ1) is 9.52. The monoisotopic (exact) mass is 273 g/mol. The average molecular weight is 273 g/mol. The number of aryl methyl sites for hydroxylation is 1. The zero-order chi connectivity index (χ0) is 14.7. The molecule has 20 heavy (non-hydrogen) atoms. The Bertz CT molecular complexity index is 644. The van der Waals surface area contributed by atoms with Crippen LogP contribution in [0.25, 0.3) is 0 Å². The Morgan fingerprint density at radius 3 is 2.30 bits per heavy atom. The predicted octanol–water partition coefficient (Wildman–Crippen LogP) is 1.77. The van der Waals surface area contributed by atoms with E-state index in [-0.39, 0.29) is 5.91 Å². The number of hydrogen-bond donors (Lipinski definition) is 1. The maximum atomic E-state index is 12.1. The maximum absolute atomic E-state index is 12.1. The van der Waals surface area contributed by atoms with Gasteiger partial charge >= 0.3 is 5.97 Å². The summed E-state index contributed by atoms with van der Waals surface area (Å²) in [5.41, 5.74) is 2.39. The summed E-state index contributed by atoms with van der Waals surface area (Å²) in [6.07, 6.45) is 1.59. The molecule has 0 saturated carbocycles. The molecule has 0 aliphatic carbocycles. The van der Waals surface area contributed by atoms with Crippen molar-refractivity contribution in [3.05, 3.63) is 47.3 Å². The molecule has 2 rings (SSSR count). The van der Waals surface area contributed by atoms with Gasteiger partial charge in [-0.2, -0.15) is 5.10 Å². The van der Waals surface area contributed by atoms with E-state index in [0.29, 0.717) is 16.8 Å². The van der Waals surface area contributed by atoms with Crippen LogP contribution in [0.4, 0.5) is 5.69 Å². The van der Waals surface area contributed by atoms with Crippen LogP contribution < -0.4 is 5.32 Å². The number of aromatic nitrogens is 2. The van der Waals surface area contributed by atoms with Crippen molar-refractivity contribution < 1.29 is 14.3 Å². The molecule has 0 saturated heterocycles. The average Bonchev–Trinajstić information content (AvgIpc) is 2.78. The predicted molar refractivity (Wildman–Crippen MR) is 73.7 cm³/mol. The van der Waals surface area contributed by atoms with Crippen LogP contribution >= 0.6 is 0 Å². The Hall–Kier alpha value is -2.63. The number of hydrogen-bond acceptors (Lipinski definition) is 4. The number of esters is 1. The molecule has 0 radical (unpaired) electrons. The number of carbonyl (C=O) groups is 2. The number of nitrogens with zero attached hydrogens (tertiary/aromatic N) is 2. The van der Waals surface area contributed by atoms with Gasteiger partial charge in [0.25, 0.3) is 5.91 Å². The second-order valence-corrected chi connectivity index (χ2v) is 4.29. The summed E-state index contributed by atoms with van der Waals surface area (Å²) in [7, 11) is 3.12. The normalized spacial score (nSPS) is 10.2. The number of anilines is 1. The smallest absolute Gasteiger partial charge is 0.337 e. The number of methoxy groups -OCH3 is 1. The molecule has 0 aliphatic rings. The molecule has 0 bridgehead atoms. The van der Waals surface area contributed by atoms with E-state index in [4.69, 9.17) is 0 Å². The van der Waals surface area contributed by atoms with Crippen LogP contribution in [0.3, 0.4) is 0 Å². The molecule has 6 heteroatoms. The maximum Gasteiger partial charge on any atom is 0.337 e. The molecule has 2 aromatic rings. The Kier molecular flexibility index (Phi) is 3.84. The Balaban J connectivity index is 2.13. The van der Waals surface area contributed by atoms with E-state index in [9.17, 15) is 9.59 Å². The van der Waals surface area contributed by atoms with Gasteiger partial charge in [-0.05, 0) is 31.2 Å². The molecule has 1 aromatic heterocycles. The van der Waals surface area contributed by atoms with Gasteiger partial charge in [-0.25, -0.2) is 4.79 Å². The van der Waals surface area contributed by atoms with Gasteiger partial charge in [0.05, 0.1) is 30.3 Å². The lowest BCUT2D eigenvalue weighted by molar-refractivity contribution is 0.0600. The fourth-order valence-corrected chi connectivity index (χ4v) is 1.69. The summed E-state index contributed by atoms with van der Waals surface area (Å²) in [4.78, 5) is 23.4. The van der Waals surface area contributed by atoms with E-state index in [1.165, 1.54) is 7.11 Å². The minimum atomic E-state index is -0.430. The van der Waals surface area contributed by atoms with Gasteiger partial charge in [0.2, 0.25) is 0 Å². The fourth-order valence-electron chi connectivity index (χ4n) is 1.69. The molecular weight excluding hydrogens is 258 g/mol. The zero-order valence-corrected chi connectivity index (χ0v) is 11.5. The van der Waals surface area contributed by atoms with Crippen molar-refractivity contribution in [1.82, 2.24) is 9.78 Å². The molecule has 0 atom stereocenters. The zero-order valence-electron chi connectivity index (χ0n) is 11.5. The van der Waals surface area contributed by atoms with E-state index in [1.807, 2.05) is 6.92 Å². The van der Waals surface area contributed by atoms with Crippen molar-refractivity contribution >= 4 is 17.6 Å². The van der Waals surface area contributed by atoms with Crippen LogP contribution in [0.2, 0.25) is 0 Å². The molecule has 0 fully saturated rings. The summed E-state index contributed by atoms with van der Waals surface area (Å²) in [5, 5.41) is 6.82. The summed E-state index contributed by atoms with van der Waals surface area (Å²) in [6, 6.07) is 6.26. The van der Waals surface area contributed by atoms with Crippen molar-refractivity contribution in [2.24, 2.45) is 7.05 Å². The number of carbonyl (C=O) groups excluding carboxylic acids is 2. The summed E-state index contributed by atoms with van der Waals surface area (Å²) in [5.74, 6) is -0.683. The van der Waals surface area contributed by atoms with Gasteiger partial charge in [-0.15, -0.1) is 0 Å². The molecule has 1 aromatic carbocycles. The molecule has 6 nitrogen and oxygen atoms in total. The highest BCUT2D eigenvalue weighted by molar-refractivity contribution is 6.05. The van der Waals surface area contributed by atoms with Crippen molar-refractivity contribution in [3.8, 4) is 0 Å². The van der Waals surface area contributed by atoms with Gasteiger partial charge in [0.1, 0.15) is 0 Å². The number of benzene rings is 1. The van der Waals surface area contributed by atoms with Crippen LogP contribution in [0, 0.1) is 6.92 Å². The van der Waals surface area contributed by atoms with Crippen LogP contribution in [0.15, 0.2) is 30.5 Å². The quantitative estimate of drug-likeness (QED) is 0.865. The van der Waals surface area contributed by atoms with E-state index in [0.717, 1.165) is 5.69 Å². The Labute approximate surface area is 116 Å². The van der Waals surface area contributed by atoms with Gasteiger partial charge in [-0.1, -0.05) is 0 Å². The number of nitrogens with one attached hydrogen (secondary N) is 1. The van der Waals surface area contributed by atoms with E-state index < -0.39 is 5.97 Å². The molecule has 104 valence electrons. The highest BCUT2D eigenvalue weighted by atomic mass is 16.5. The number of ether oxygens (including phenoxy) is 1. The standard InChI is InChI=1S/C14H15N3O3/c1-9-12(8-15-17(9)2)16-13(18)10-4-6-11(7-5-10)14(19)20-3/h4-8H,1-3H3,(H,16,18). The lowest BCUT2D eigenvalue weighted by Gasteiger charge is -2.05. The number of rotatable bonds is 3. The van der Waals surface area contributed by atoms with Crippen LogP contribution in [-0.2, 0) is 11.8 Å².